The maximum atomic E-state index is 4.00. The van der Waals surface area contributed by atoms with Crippen molar-refractivity contribution in [3.8, 4) is 0 Å². The van der Waals surface area contributed by atoms with Gasteiger partial charge in [0.1, 0.15) is 0 Å². The molecule has 0 saturated heterocycles. The van der Waals surface area contributed by atoms with Crippen molar-refractivity contribution in [2.75, 3.05) is 0 Å². The molecule has 0 bridgehead atoms. The summed E-state index contributed by atoms with van der Waals surface area (Å²) in [5.74, 6) is 0. The summed E-state index contributed by atoms with van der Waals surface area (Å²) >= 11 is 0. The number of rotatable bonds is 4. The molecule has 0 aliphatic rings. The van der Waals surface area contributed by atoms with E-state index in [1.165, 1.54) is 11.1 Å². The van der Waals surface area contributed by atoms with Crippen LogP contribution in [0, 0.1) is 0 Å². The van der Waals surface area contributed by atoms with Gasteiger partial charge in [-0.25, -0.2) is 0 Å². The molecular weight excluding hydrogens is 168 g/mol. The quantitative estimate of drug-likeness (QED) is 0.620. The van der Waals surface area contributed by atoms with E-state index < -0.39 is 0 Å². The maximum Gasteiger partial charge on any atom is -0.0187 e. The molecule has 0 unspecified atom stereocenters. The summed E-state index contributed by atoms with van der Waals surface area (Å²) in [4.78, 5) is 0. The molecule has 0 saturated carbocycles. The van der Waals surface area contributed by atoms with Gasteiger partial charge in [-0.2, -0.15) is 0 Å². The first-order valence-corrected chi connectivity index (χ1v) is 4.85. The molecule has 0 nitrogen and oxygen atoms in total. The summed E-state index contributed by atoms with van der Waals surface area (Å²) < 4.78 is 0. The number of aryl methyl sites for hydroxylation is 1. The highest BCUT2D eigenvalue weighted by Crippen LogP contribution is 2.15. The van der Waals surface area contributed by atoms with E-state index >= 15 is 0 Å². The second-order valence-electron chi connectivity index (χ2n) is 3.17. The van der Waals surface area contributed by atoms with Crippen LogP contribution in [0.2, 0.25) is 0 Å². The highest BCUT2D eigenvalue weighted by Gasteiger charge is 1.95. The van der Waals surface area contributed by atoms with Crippen LogP contribution in [0.4, 0.5) is 0 Å². The lowest BCUT2D eigenvalue weighted by Gasteiger charge is -2.02. The Balaban J connectivity index is 2.89. The zero-order chi connectivity index (χ0) is 10.4. The molecule has 0 fully saturated rings. The van der Waals surface area contributed by atoms with E-state index in [-0.39, 0.29) is 0 Å². The third-order valence-electron chi connectivity index (χ3n) is 2.14. The molecular formula is C14H16. The molecule has 0 spiro atoms. The van der Waals surface area contributed by atoms with Crippen molar-refractivity contribution in [2.24, 2.45) is 0 Å². The van der Waals surface area contributed by atoms with Crippen LogP contribution in [0.3, 0.4) is 0 Å². The highest BCUT2D eigenvalue weighted by atomic mass is 14.0. The molecule has 0 aromatic heterocycles. The summed E-state index contributed by atoms with van der Waals surface area (Å²) in [6.45, 7) is 9.79. The Hall–Kier alpha value is -1.56. The summed E-state index contributed by atoms with van der Waals surface area (Å²) in [5, 5.41) is 0. The average Bonchev–Trinajstić information content (AvgIpc) is 2.26. The zero-order valence-corrected chi connectivity index (χ0v) is 8.66. The minimum Gasteiger partial charge on any atom is -0.0991 e. The van der Waals surface area contributed by atoms with Crippen LogP contribution < -0.4 is 0 Å². The molecule has 0 N–H and O–H groups in total. The first kappa shape index (κ1) is 10.5. The van der Waals surface area contributed by atoms with Crippen molar-refractivity contribution in [3.63, 3.8) is 0 Å². The lowest BCUT2D eigenvalue weighted by atomic mass is 10.0. The van der Waals surface area contributed by atoms with Gasteiger partial charge in [0.2, 0.25) is 0 Å². The summed E-state index contributed by atoms with van der Waals surface area (Å²) in [5.41, 5.74) is 3.55. The number of hydrogen-bond donors (Lipinski definition) is 0. The van der Waals surface area contributed by atoms with Crippen LogP contribution in [0.15, 0.2) is 55.7 Å². The van der Waals surface area contributed by atoms with Crippen molar-refractivity contribution >= 4 is 5.57 Å². The summed E-state index contributed by atoms with van der Waals surface area (Å²) in [6, 6.07) is 8.46. The lowest BCUT2D eigenvalue weighted by Crippen LogP contribution is -1.83. The van der Waals surface area contributed by atoms with Crippen LogP contribution in [0.25, 0.3) is 5.57 Å². The monoisotopic (exact) mass is 184 g/mol. The van der Waals surface area contributed by atoms with Crippen LogP contribution in [-0.2, 0) is 6.42 Å². The van der Waals surface area contributed by atoms with E-state index in [4.69, 9.17) is 0 Å². The molecule has 1 aromatic rings. The van der Waals surface area contributed by atoms with Gasteiger partial charge in [0.15, 0.2) is 0 Å². The fraction of sp³-hybridized carbons (Fsp3) is 0.143. The largest absolute Gasteiger partial charge is 0.0991 e. The van der Waals surface area contributed by atoms with Crippen molar-refractivity contribution < 1.29 is 0 Å². The predicted molar refractivity (Wildman–Crippen MR) is 64.2 cm³/mol. The maximum absolute atomic E-state index is 4.00. The van der Waals surface area contributed by atoms with E-state index in [9.17, 15) is 0 Å². The molecule has 1 aromatic carbocycles. The second-order valence-corrected chi connectivity index (χ2v) is 3.17. The van der Waals surface area contributed by atoms with E-state index in [2.05, 4.69) is 44.3 Å². The molecule has 14 heavy (non-hydrogen) atoms. The van der Waals surface area contributed by atoms with Gasteiger partial charge in [-0.15, -0.1) is 0 Å². The van der Waals surface area contributed by atoms with Gasteiger partial charge in [-0.1, -0.05) is 62.6 Å². The Morgan fingerprint density at radius 2 is 2.21 bits per heavy atom. The molecule has 0 aliphatic carbocycles. The van der Waals surface area contributed by atoms with Gasteiger partial charge in [0, 0.05) is 0 Å². The Kier molecular flexibility index (Phi) is 3.93. The normalized spacial score (nSPS) is 10.4. The number of hydrogen-bond acceptors (Lipinski definition) is 0. The molecule has 0 radical (unpaired) electrons. The molecule has 0 heterocycles. The molecule has 0 atom stereocenters. The fourth-order valence-corrected chi connectivity index (χ4v) is 1.27. The van der Waals surface area contributed by atoms with E-state index in [1.54, 1.807) is 6.08 Å². The van der Waals surface area contributed by atoms with Crippen molar-refractivity contribution in [2.45, 2.75) is 13.3 Å². The molecule has 0 heteroatoms. The van der Waals surface area contributed by atoms with E-state index in [0.29, 0.717) is 0 Å². The molecule has 1 rings (SSSR count). The molecule has 0 aliphatic heterocycles. The Labute approximate surface area is 86.3 Å². The smallest absolute Gasteiger partial charge is 0.0187 e. The van der Waals surface area contributed by atoms with Gasteiger partial charge in [0.25, 0.3) is 0 Å². The van der Waals surface area contributed by atoms with Crippen molar-refractivity contribution in [3.05, 3.63) is 66.8 Å². The fourth-order valence-electron chi connectivity index (χ4n) is 1.27. The zero-order valence-electron chi connectivity index (χ0n) is 8.66. The minimum atomic E-state index is 1.03. The Morgan fingerprint density at radius 3 is 2.86 bits per heavy atom. The lowest BCUT2D eigenvalue weighted by molar-refractivity contribution is 1.14. The van der Waals surface area contributed by atoms with Gasteiger partial charge < -0.3 is 0 Å². The topological polar surface area (TPSA) is 0 Å². The summed E-state index contributed by atoms with van der Waals surface area (Å²) in [6.07, 6.45) is 6.70. The van der Waals surface area contributed by atoms with E-state index in [0.717, 1.165) is 12.0 Å². The van der Waals surface area contributed by atoms with Gasteiger partial charge in [-0.3, -0.25) is 0 Å². The third-order valence-corrected chi connectivity index (χ3v) is 2.14. The van der Waals surface area contributed by atoms with Crippen molar-refractivity contribution in [1.29, 1.82) is 0 Å². The Morgan fingerprint density at radius 1 is 1.43 bits per heavy atom. The molecule has 72 valence electrons. The minimum absolute atomic E-state index is 1.03. The second kappa shape index (κ2) is 5.23. The standard InChI is InChI=1S/C14H16/c1-4-6-8-12(3)14-10-7-9-13(5-2)11-14/h4,6-11H,1,3,5H2,2H3/b8-6-. The number of benzene rings is 1. The Bertz CT molecular complexity index is 356. The van der Waals surface area contributed by atoms with Gasteiger partial charge in [-0.05, 0) is 23.1 Å². The SMILES string of the molecule is C=C/C=C\C(=C)c1cccc(CC)c1. The average molecular weight is 184 g/mol. The van der Waals surface area contributed by atoms with Crippen molar-refractivity contribution in [1.82, 2.24) is 0 Å². The van der Waals surface area contributed by atoms with Crippen LogP contribution in [0.5, 0.6) is 0 Å². The van der Waals surface area contributed by atoms with Gasteiger partial charge in [0.05, 0.1) is 0 Å². The van der Waals surface area contributed by atoms with Crippen LogP contribution in [-0.4, -0.2) is 0 Å². The predicted octanol–water partition coefficient (Wildman–Crippen LogP) is 4.00. The number of allylic oxidation sites excluding steroid dienone is 4. The third kappa shape index (κ3) is 2.74. The first-order valence-electron chi connectivity index (χ1n) is 4.85. The van der Waals surface area contributed by atoms with Crippen LogP contribution >= 0.6 is 0 Å². The molecule has 0 amide bonds. The first-order chi connectivity index (χ1) is 6.77. The van der Waals surface area contributed by atoms with Crippen LogP contribution in [0.1, 0.15) is 18.1 Å². The van der Waals surface area contributed by atoms with Gasteiger partial charge >= 0.3 is 0 Å². The van der Waals surface area contributed by atoms with E-state index in [1.807, 2.05) is 12.2 Å². The highest BCUT2D eigenvalue weighted by molar-refractivity contribution is 5.72. The summed E-state index contributed by atoms with van der Waals surface area (Å²) in [7, 11) is 0.